The highest BCUT2D eigenvalue weighted by Crippen LogP contribution is 2.27. The van der Waals surface area contributed by atoms with Crippen molar-refractivity contribution in [2.45, 2.75) is 12.8 Å². The van der Waals surface area contributed by atoms with Gasteiger partial charge in [0.1, 0.15) is 11.5 Å². The fourth-order valence-corrected chi connectivity index (χ4v) is 1.79. The lowest BCUT2D eigenvalue weighted by molar-refractivity contribution is 0.162. The molecule has 0 unspecified atom stereocenters. The molecule has 0 atom stereocenters. The molecule has 1 aliphatic heterocycles. The number of likely N-dealkylation sites (tertiary alicyclic amines) is 1. The molecule has 0 radical (unpaired) electrons. The van der Waals surface area contributed by atoms with Crippen molar-refractivity contribution in [3.63, 3.8) is 0 Å². The van der Waals surface area contributed by atoms with Crippen LogP contribution in [-0.4, -0.2) is 29.2 Å². The Hall–Kier alpha value is -1.42. The molecule has 0 aliphatic carbocycles. The van der Waals surface area contributed by atoms with E-state index in [1.807, 2.05) is 0 Å². The van der Waals surface area contributed by atoms with E-state index < -0.39 is 0 Å². The molecule has 0 bridgehead atoms. The van der Waals surface area contributed by atoms with E-state index in [9.17, 15) is 9.90 Å². The van der Waals surface area contributed by atoms with Crippen molar-refractivity contribution in [3.05, 3.63) is 23.2 Å². The molecule has 0 saturated carbocycles. The molecule has 4 nitrogen and oxygen atoms in total. The third-order valence-electron chi connectivity index (χ3n) is 2.49. The second-order valence-corrected chi connectivity index (χ2v) is 4.08. The highest BCUT2D eigenvalue weighted by molar-refractivity contribution is 6.32. The molecule has 1 aromatic rings. The van der Waals surface area contributed by atoms with Gasteiger partial charge in [-0.15, -0.1) is 0 Å². The van der Waals surface area contributed by atoms with Gasteiger partial charge in [-0.05, 0) is 25.0 Å². The molecule has 1 aliphatic rings. The number of phenols is 1. The minimum absolute atomic E-state index is 0.0253. The Labute approximate surface area is 98.4 Å². The van der Waals surface area contributed by atoms with Crippen molar-refractivity contribution in [3.8, 4) is 11.5 Å². The molecule has 1 aromatic carbocycles. The van der Waals surface area contributed by atoms with Gasteiger partial charge < -0.3 is 14.7 Å². The number of ether oxygens (including phenoxy) is 1. The van der Waals surface area contributed by atoms with Crippen molar-refractivity contribution >= 4 is 17.7 Å². The van der Waals surface area contributed by atoms with Crippen LogP contribution in [0.1, 0.15) is 12.8 Å². The van der Waals surface area contributed by atoms with Crippen molar-refractivity contribution in [2.75, 3.05) is 13.1 Å². The van der Waals surface area contributed by atoms with Gasteiger partial charge in [0.25, 0.3) is 0 Å². The molecule has 1 saturated heterocycles. The number of amides is 1. The maximum absolute atomic E-state index is 11.6. The Bertz CT molecular complexity index is 402. The number of halogens is 1. The molecule has 1 heterocycles. The van der Waals surface area contributed by atoms with E-state index in [-0.39, 0.29) is 16.9 Å². The fraction of sp³-hybridized carbons (Fsp3) is 0.364. The lowest BCUT2D eigenvalue weighted by Gasteiger charge is -2.14. The van der Waals surface area contributed by atoms with E-state index in [1.54, 1.807) is 4.90 Å². The van der Waals surface area contributed by atoms with Crippen molar-refractivity contribution in [2.24, 2.45) is 0 Å². The zero-order chi connectivity index (χ0) is 11.5. The van der Waals surface area contributed by atoms with Gasteiger partial charge in [-0.1, -0.05) is 11.6 Å². The minimum atomic E-state index is -0.362. The lowest BCUT2D eigenvalue weighted by atomic mass is 10.3. The number of carbonyl (C=O) groups is 1. The third kappa shape index (κ3) is 2.39. The largest absolute Gasteiger partial charge is 0.506 e. The Morgan fingerprint density at radius 3 is 2.69 bits per heavy atom. The molecular weight excluding hydrogens is 230 g/mol. The third-order valence-corrected chi connectivity index (χ3v) is 2.79. The van der Waals surface area contributed by atoms with Crippen molar-refractivity contribution in [1.82, 2.24) is 4.90 Å². The first-order chi connectivity index (χ1) is 7.66. The van der Waals surface area contributed by atoms with Crippen LogP contribution < -0.4 is 4.74 Å². The van der Waals surface area contributed by atoms with E-state index in [0.29, 0.717) is 5.75 Å². The first-order valence-corrected chi connectivity index (χ1v) is 5.50. The monoisotopic (exact) mass is 241 g/mol. The molecule has 1 amide bonds. The van der Waals surface area contributed by atoms with Gasteiger partial charge in [0.15, 0.2) is 0 Å². The van der Waals surface area contributed by atoms with Gasteiger partial charge in [0.2, 0.25) is 0 Å². The Balaban J connectivity index is 2.02. The topological polar surface area (TPSA) is 49.8 Å². The minimum Gasteiger partial charge on any atom is -0.506 e. The highest BCUT2D eigenvalue weighted by atomic mass is 35.5. The van der Waals surface area contributed by atoms with Crippen LogP contribution in [0.5, 0.6) is 11.5 Å². The van der Waals surface area contributed by atoms with Gasteiger partial charge in [-0.2, -0.15) is 0 Å². The summed E-state index contributed by atoms with van der Waals surface area (Å²) < 4.78 is 5.13. The molecule has 5 heteroatoms. The maximum Gasteiger partial charge on any atom is 0.415 e. The molecule has 1 fully saturated rings. The fourth-order valence-electron chi connectivity index (χ4n) is 1.62. The van der Waals surface area contributed by atoms with E-state index in [1.165, 1.54) is 18.2 Å². The van der Waals surface area contributed by atoms with Crippen molar-refractivity contribution in [1.29, 1.82) is 0 Å². The number of benzene rings is 1. The predicted molar refractivity (Wildman–Crippen MR) is 59.9 cm³/mol. The molecule has 86 valence electrons. The number of nitrogens with zero attached hydrogens (tertiary/aromatic N) is 1. The summed E-state index contributed by atoms with van der Waals surface area (Å²) in [7, 11) is 0. The van der Waals surface area contributed by atoms with E-state index >= 15 is 0 Å². The zero-order valence-corrected chi connectivity index (χ0v) is 9.41. The van der Waals surface area contributed by atoms with Gasteiger partial charge in [-0.25, -0.2) is 4.79 Å². The van der Waals surface area contributed by atoms with Crippen LogP contribution >= 0.6 is 11.6 Å². The first kappa shape index (κ1) is 11.1. The second kappa shape index (κ2) is 4.61. The Morgan fingerprint density at radius 1 is 1.38 bits per heavy atom. The second-order valence-electron chi connectivity index (χ2n) is 3.68. The van der Waals surface area contributed by atoms with Crippen LogP contribution in [0, 0.1) is 0 Å². The van der Waals surface area contributed by atoms with Crippen LogP contribution in [0.25, 0.3) is 0 Å². The molecule has 2 rings (SSSR count). The summed E-state index contributed by atoms with van der Waals surface area (Å²) in [6.07, 6.45) is 1.68. The SMILES string of the molecule is O=C(Oc1ccc(O)c(Cl)c1)N1CCCC1. The average Bonchev–Trinajstić information content (AvgIpc) is 2.77. The molecular formula is C11H12ClNO3. The van der Waals surface area contributed by atoms with Gasteiger partial charge in [0, 0.05) is 19.2 Å². The summed E-state index contributed by atoms with van der Waals surface area (Å²) in [6.45, 7) is 1.48. The molecule has 1 N–H and O–H groups in total. The summed E-state index contributed by atoms with van der Waals surface area (Å²) in [5.74, 6) is 0.322. The molecule has 0 spiro atoms. The smallest absolute Gasteiger partial charge is 0.415 e. The first-order valence-electron chi connectivity index (χ1n) is 5.12. The Morgan fingerprint density at radius 2 is 2.06 bits per heavy atom. The van der Waals surface area contributed by atoms with E-state index in [4.69, 9.17) is 16.3 Å². The highest BCUT2D eigenvalue weighted by Gasteiger charge is 2.19. The van der Waals surface area contributed by atoms with Crippen LogP contribution in [-0.2, 0) is 0 Å². The summed E-state index contributed by atoms with van der Waals surface area (Å²) in [6, 6.07) is 4.33. The van der Waals surface area contributed by atoms with Gasteiger partial charge in [-0.3, -0.25) is 0 Å². The lowest BCUT2D eigenvalue weighted by Crippen LogP contribution is -2.30. The number of hydrogen-bond acceptors (Lipinski definition) is 3. The van der Waals surface area contributed by atoms with Crippen LogP contribution in [0.15, 0.2) is 18.2 Å². The number of rotatable bonds is 1. The van der Waals surface area contributed by atoms with Crippen LogP contribution in [0.2, 0.25) is 5.02 Å². The number of phenolic OH excluding ortho intramolecular Hbond substituents is 1. The van der Waals surface area contributed by atoms with Crippen LogP contribution in [0.4, 0.5) is 4.79 Å². The molecule has 0 aromatic heterocycles. The van der Waals surface area contributed by atoms with Crippen LogP contribution in [0.3, 0.4) is 0 Å². The number of aromatic hydroxyl groups is 1. The standard InChI is InChI=1S/C11H12ClNO3/c12-9-7-8(3-4-10(9)14)16-11(15)13-5-1-2-6-13/h3-4,7,14H,1-2,5-6H2. The van der Waals surface area contributed by atoms with Gasteiger partial charge >= 0.3 is 6.09 Å². The number of carbonyl (C=O) groups excluding carboxylic acids is 1. The molecule has 16 heavy (non-hydrogen) atoms. The quantitative estimate of drug-likeness (QED) is 0.822. The van der Waals surface area contributed by atoms with E-state index in [2.05, 4.69) is 0 Å². The van der Waals surface area contributed by atoms with Crippen molar-refractivity contribution < 1.29 is 14.6 Å². The number of hydrogen-bond donors (Lipinski definition) is 1. The van der Waals surface area contributed by atoms with Gasteiger partial charge in [0.05, 0.1) is 5.02 Å². The summed E-state index contributed by atoms with van der Waals surface area (Å²) in [4.78, 5) is 13.3. The summed E-state index contributed by atoms with van der Waals surface area (Å²) >= 11 is 5.70. The summed E-state index contributed by atoms with van der Waals surface area (Å²) in [5.41, 5.74) is 0. The Kier molecular flexibility index (Phi) is 3.19. The predicted octanol–water partition coefficient (Wildman–Crippen LogP) is 2.64. The zero-order valence-electron chi connectivity index (χ0n) is 8.65. The maximum atomic E-state index is 11.6. The average molecular weight is 242 g/mol. The summed E-state index contributed by atoms with van der Waals surface area (Å²) in [5, 5.41) is 9.38. The normalized spacial score (nSPS) is 15.2. The van der Waals surface area contributed by atoms with E-state index in [0.717, 1.165) is 25.9 Å².